The summed E-state index contributed by atoms with van der Waals surface area (Å²) < 4.78 is 10.00. The number of nitrogens with one attached hydrogen (secondary N) is 1. The first-order chi connectivity index (χ1) is 8.45. The Hall–Kier alpha value is -0.650. The molecule has 0 heterocycles. The van der Waals surface area contributed by atoms with Crippen LogP contribution in [0.15, 0.2) is 0 Å². The second-order valence-electron chi connectivity index (χ2n) is 4.76. The van der Waals surface area contributed by atoms with Crippen molar-refractivity contribution in [1.82, 2.24) is 10.2 Å². The van der Waals surface area contributed by atoms with Gasteiger partial charge < -0.3 is 14.8 Å². The second kappa shape index (κ2) is 8.45. The Morgan fingerprint density at radius 1 is 1.44 bits per heavy atom. The molecule has 5 heteroatoms. The highest BCUT2D eigenvalue weighted by atomic mass is 16.5. The van der Waals surface area contributed by atoms with E-state index in [2.05, 4.69) is 24.1 Å². The van der Waals surface area contributed by atoms with Crippen molar-refractivity contribution in [2.45, 2.75) is 38.8 Å². The first-order valence-corrected chi connectivity index (χ1v) is 6.45. The highest BCUT2D eigenvalue weighted by molar-refractivity contribution is 5.80. The van der Waals surface area contributed by atoms with Gasteiger partial charge in [-0.05, 0) is 33.9 Å². The first kappa shape index (κ1) is 17.4. The van der Waals surface area contributed by atoms with Crippen LogP contribution < -0.4 is 5.32 Å². The number of hydrogen-bond acceptors (Lipinski definition) is 5. The lowest BCUT2D eigenvalue weighted by atomic mass is 9.97. The lowest BCUT2D eigenvalue weighted by molar-refractivity contribution is -0.148. The topological polar surface area (TPSA) is 50.8 Å². The van der Waals surface area contributed by atoms with Crippen LogP contribution in [0.3, 0.4) is 0 Å². The van der Waals surface area contributed by atoms with Crippen LogP contribution in [0.2, 0.25) is 0 Å². The van der Waals surface area contributed by atoms with Gasteiger partial charge >= 0.3 is 5.97 Å². The molecule has 2 unspecified atom stereocenters. The van der Waals surface area contributed by atoms with Crippen molar-refractivity contribution in [3.05, 3.63) is 0 Å². The zero-order valence-corrected chi connectivity index (χ0v) is 12.6. The van der Waals surface area contributed by atoms with E-state index in [0.29, 0.717) is 19.1 Å². The average molecular weight is 260 g/mol. The van der Waals surface area contributed by atoms with Gasteiger partial charge in [-0.3, -0.25) is 9.69 Å². The van der Waals surface area contributed by atoms with Crippen molar-refractivity contribution in [3.8, 4) is 0 Å². The summed E-state index contributed by atoms with van der Waals surface area (Å²) in [5.41, 5.74) is -0.630. The van der Waals surface area contributed by atoms with Gasteiger partial charge in [0, 0.05) is 19.7 Å². The summed E-state index contributed by atoms with van der Waals surface area (Å²) in [6, 6.07) is 0.346. The lowest BCUT2D eigenvalue weighted by Gasteiger charge is -2.32. The number of ether oxygens (including phenoxy) is 2. The number of carbonyl (C=O) groups is 1. The highest BCUT2D eigenvalue weighted by Gasteiger charge is 2.32. The van der Waals surface area contributed by atoms with Crippen molar-refractivity contribution in [3.63, 3.8) is 0 Å². The van der Waals surface area contributed by atoms with Crippen LogP contribution in [0.1, 0.15) is 27.2 Å². The maximum Gasteiger partial charge on any atom is 0.325 e. The zero-order chi connectivity index (χ0) is 14.2. The minimum absolute atomic E-state index is 0.222. The smallest absolute Gasteiger partial charge is 0.325 e. The van der Waals surface area contributed by atoms with Crippen LogP contribution in [0.5, 0.6) is 0 Å². The standard InChI is InChI=1S/C13H28N2O3/c1-7-15(11(2)10-17-5)9-8-13(3,14-4)12(16)18-6/h11,14H,7-10H2,1-6H3. The molecule has 0 saturated heterocycles. The summed E-state index contributed by atoms with van der Waals surface area (Å²) in [4.78, 5) is 14.0. The molecule has 0 spiro atoms. The van der Waals surface area contributed by atoms with Gasteiger partial charge in [-0.2, -0.15) is 0 Å². The molecule has 1 N–H and O–H groups in total. The molecule has 0 aromatic carbocycles. The molecule has 0 amide bonds. The molecule has 0 radical (unpaired) electrons. The first-order valence-electron chi connectivity index (χ1n) is 6.45. The van der Waals surface area contributed by atoms with E-state index in [1.54, 1.807) is 14.2 Å². The van der Waals surface area contributed by atoms with Crippen LogP contribution >= 0.6 is 0 Å². The van der Waals surface area contributed by atoms with E-state index in [-0.39, 0.29) is 5.97 Å². The van der Waals surface area contributed by atoms with Crippen LogP contribution in [0, 0.1) is 0 Å². The SMILES string of the molecule is CCN(CCC(C)(NC)C(=O)OC)C(C)COC. The zero-order valence-electron chi connectivity index (χ0n) is 12.6. The summed E-state index contributed by atoms with van der Waals surface area (Å²) in [5, 5.41) is 3.05. The Kier molecular flexibility index (Phi) is 8.15. The Morgan fingerprint density at radius 3 is 2.44 bits per heavy atom. The molecular weight excluding hydrogens is 232 g/mol. The fourth-order valence-electron chi connectivity index (χ4n) is 1.96. The summed E-state index contributed by atoms with van der Waals surface area (Å²) in [6.45, 7) is 8.57. The van der Waals surface area contributed by atoms with Crippen LogP contribution in [0.4, 0.5) is 0 Å². The third-order valence-corrected chi connectivity index (χ3v) is 3.52. The molecule has 0 aliphatic carbocycles. The van der Waals surface area contributed by atoms with Crippen molar-refractivity contribution in [2.75, 3.05) is 41.0 Å². The van der Waals surface area contributed by atoms with Gasteiger partial charge in [0.2, 0.25) is 0 Å². The number of methoxy groups -OCH3 is 2. The van der Waals surface area contributed by atoms with Crippen molar-refractivity contribution in [2.24, 2.45) is 0 Å². The minimum Gasteiger partial charge on any atom is -0.468 e. The van der Waals surface area contributed by atoms with Crippen LogP contribution in [-0.4, -0.2) is 63.4 Å². The van der Waals surface area contributed by atoms with Crippen molar-refractivity contribution < 1.29 is 14.3 Å². The van der Waals surface area contributed by atoms with E-state index >= 15 is 0 Å². The van der Waals surface area contributed by atoms with Gasteiger partial charge in [0.25, 0.3) is 0 Å². The maximum atomic E-state index is 11.7. The van der Waals surface area contributed by atoms with Gasteiger partial charge in [0.1, 0.15) is 5.54 Å². The van der Waals surface area contributed by atoms with Crippen molar-refractivity contribution in [1.29, 1.82) is 0 Å². The minimum atomic E-state index is -0.630. The summed E-state index contributed by atoms with van der Waals surface area (Å²) in [6.07, 6.45) is 0.706. The number of esters is 1. The molecule has 0 bridgehead atoms. The summed E-state index contributed by atoms with van der Waals surface area (Å²) in [5.74, 6) is -0.222. The molecule has 2 atom stereocenters. The number of rotatable bonds is 9. The molecule has 18 heavy (non-hydrogen) atoms. The van der Waals surface area contributed by atoms with E-state index < -0.39 is 5.54 Å². The Balaban J connectivity index is 4.45. The predicted octanol–water partition coefficient (Wildman–Crippen LogP) is 0.884. The van der Waals surface area contributed by atoms with Gasteiger partial charge in [0.05, 0.1) is 13.7 Å². The normalized spacial score (nSPS) is 16.4. The van der Waals surface area contributed by atoms with Gasteiger partial charge in [0.15, 0.2) is 0 Å². The third-order valence-electron chi connectivity index (χ3n) is 3.52. The number of nitrogens with zero attached hydrogens (tertiary/aromatic N) is 1. The van der Waals surface area contributed by atoms with Crippen molar-refractivity contribution >= 4 is 5.97 Å². The molecule has 0 aromatic heterocycles. The van der Waals surface area contributed by atoms with Crippen LogP contribution in [-0.2, 0) is 14.3 Å². The number of carbonyl (C=O) groups excluding carboxylic acids is 1. The molecule has 0 saturated carbocycles. The number of hydrogen-bond donors (Lipinski definition) is 1. The van der Waals surface area contributed by atoms with E-state index in [1.165, 1.54) is 7.11 Å². The number of likely N-dealkylation sites (N-methyl/N-ethyl adjacent to an activating group) is 2. The van der Waals surface area contributed by atoms with E-state index in [4.69, 9.17) is 9.47 Å². The molecule has 0 rings (SSSR count). The molecule has 0 aliphatic heterocycles. The Morgan fingerprint density at radius 2 is 2.06 bits per heavy atom. The maximum absolute atomic E-state index is 11.7. The Bertz CT molecular complexity index is 248. The summed E-state index contributed by atoms with van der Waals surface area (Å²) in [7, 11) is 4.91. The fourth-order valence-corrected chi connectivity index (χ4v) is 1.96. The van der Waals surface area contributed by atoms with E-state index in [0.717, 1.165) is 13.1 Å². The largest absolute Gasteiger partial charge is 0.468 e. The van der Waals surface area contributed by atoms with E-state index in [9.17, 15) is 4.79 Å². The monoisotopic (exact) mass is 260 g/mol. The third kappa shape index (κ3) is 4.92. The molecule has 0 aromatic rings. The fraction of sp³-hybridized carbons (Fsp3) is 0.923. The molecule has 0 aliphatic rings. The van der Waals surface area contributed by atoms with E-state index in [1.807, 2.05) is 6.92 Å². The second-order valence-corrected chi connectivity index (χ2v) is 4.76. The molecular formula is C13H28N2O3. The van der Waals surface area contributed by atoms with Gasteiger partial charge in [-0.15, -0.1) is 0 Å². The van der Waals surface area contributed by atoms with Gasteiger partial charge in [-0.25, -0.2) is 0 Å². The highest BCUT2D eigenvalue weighted by Crippen LogP contribution is 2.13. The van der Waals surface area contributed by atoms with Gasteiger partial charge in [-0.1, -0.05) is 6.92 Å². The summed E-state index contributed by atoms with van der Waals surface area (Å²) >= 11 is 0. The Labute approximate surface area is 111 Å². The lowest BCUT2D eigenvalue weighted by Crippen LogP contribution is -2.51. The quantitative estimate of drug-likeness (QED) is 0.624. The molecule has 5 nitrogen and oxygen atoms in total. The molecule has 0 fully saturated rings. The molecule has 108 valence electrons. The average Bonchev–Trinajstić information content (AvgIpc) is 2.38. The van der Waals surface area contributed by atoms with Crippen LogP contribution in [0.25, 0.3) is 0 Å². The predicted molar refractivity (Wildman–Crippen MR) is 72.7 cm³/mol.